The zero-order valence-electron chi connectivity index (χ0n) is 7.72. The molecule has 1 rings (SSSR count). The number of halogens is 1. The molecule has 0 spiro atoms. The molecule has 1 fully saturated rings. The van der Waals surface area contributed by atoms with Crippen molar-refractivity contribution in [2.75, 3.05) is 0 Å². The molecular formula is C10H16BI. The van der Waals surface area contributed by atoms with Gasteiger partial charge in [-0.3, -0.25) is 0 Å². The van der Waals surface area contributed by atoms with Gasteiger partial charge in [0.05, 0.1) is 0 Å². The van der Waals surface area contributed by atoms with E-state index in [0.717, 1.165) is 9.84 Å². The van der Waals surface area contributed by atoms with Crippen molar-refractivity contribution in [3.05, 3.63) is 11.6 Å². The van der Waals surface area contributed by atoms with Crippen molar-refractivity contribution < 1.29 is 0 Å². The van der Waals surface area contributed by atoms with E-state index in [2.05, 4.69) is 43.1 Å². The Bertz CT molecular complexity index is 178. The summed E-state index contributed by atoms with van der Waals surface area (Å²) in [6, 6.07) is 0. The van der Waals surface area contributed by atoms with Crippen LogP contribution >= 0.6 is 22.6 Å². The molecule has 66 valence electrons. The Morgan fingerprint density at radius 2 is 1.92 bits per heavy atom. The summed E-state index contributed by atoms with van der Waals surface area (Å²) in [5, 5.41) is 0. The summed E-state index contributed by atoms with van der Waals surface area (Å²) in [5.74, 6) is 2.75. The van der Waals surface area contributed by atoms with Gasteiger partial charge >= 0.3 is 90.1 Å². The van der Waals surface area contributed by atoms with Crippen LogP contribution in [0.3, 0.4) is 0 Å². The molecule has 0 nitrogen and oxygen atoms in total. The van der Waals surface area contributed by atoms with E-state index in [1.165, 1.54) is 31.3 Å². The number of alkyl halides is 1. The topological polar surface area (TPSA) is 0 Å². The summed E-state index contributed by atoms with van der Waals surface area (Å²) in [5.41, 5.74) is 1.52. The monoisotopic (exact) mass is 274 g/mol. The first kappa shape index (κ1) is 10.5. The quantitative estimate of drug-likeness (QED) is 0.412. The predicted molar refractivity (Wildman–Crippen MR) is 66.7 cm³/mol. The Hall–Kier alpha value is 0.405. The Labute approximate surface area is 90.0 Å². The molecule has 2 heteroatoms. The van der Waals surface area contributed by atoms with Crippen LogP contribution in [0.5, 0.6) is 0 Å². The summed E-state index contributed by atoms with van der Waals surface area (Å²) in [4.78, 5) is 0. The Balaban J connectivity index is 2.44. The SMILES string of the molecule is B=C/C=C(\C)C1CCC(I)CC1. The summed E-state index contributed by atoms with van der Waals surface area (Å²) in [6.07, 6.45) is 7.72. The molecule has 0 heterocycles. The van der Waals surface area contributed by atoms with Crippen molar-refractivity contribution in [1.82, 2.24) is 0 Å². The first-order valence-corrected chi connectivity index (χ1v) is 5.92. The molecule has 1 aliphatic carbocycles. The molecule has 0 atom stereocenters. The van der Waals surface area contributed by atoms with Gasteiger partial charge in [0.2, 0.25) is 0 Å². The van der Waals surface area contributed by atoms with Crippen LogP contribution in [0.2, 0.25) is 0 Å². The van der Waals surface area contributed by atoms with Gasteiger partial charge in [0.25, 0.3) is 0 Å². The van der Waals surface area contributed by atoms with Crippen molar-refractivity contribution in [2.45, 2.75) is 36.5 Å². The maximum absolute atomic E-state index is 3.73. The molecule has 0 unspecified atom stereocenters. The third-order valence-corrected chi connectivity index (χ3v) is 3.93. The molecule has 0 saturated heterocycles. The van der Waals surface area contributed by atoms with Gasteiger partial charge in [-0.2, -0.15) is 0 Å². The van der Waals surface area contributed by atoms with Crippen LogP contribution in [0.4, 0.5) is 0 Å². The summed E-state index contributed by atoms with van der Waals surface area (Å²) in [6.45, 7) is 2.24. The van der Waals surface area contributed by atoms with E-state index in [4.69, 9.17) is 0 Å². The van der Waals surface area contributed by atoms with Gasteiger partial charge in [0, 0.05) is 0 Å². The number of hydrogen-bond donors (Lipinski definition) is 0. The van der Waals surface area contributed by atoms with Crippen molar-refractivity contribution in [3.63, 3.8) is 0 Å². The fraction of sp³-hybridized carbons (Fsp3) is 0.700. The van der Waals surface area contributed by atoms with E-state index in [1.807, 2.05) is 5.97 Å². The van der Waals surface area contributed by atoms with Crippen LogP contribution in [-0.2, 0) is 0 Å². The van der Waals surface area contributed by atoms with E-state index in [0.29, 0.717) is 0 Å². The minimum absolute atomic E-state index is 0.842. The first-order valence-electron chi connectivity index (χ1n) is 4.67. The van der Waals surface area contributed by atoms with Crippen LogP contribution < -0.4 is 0 Å². The molecule has 0 aliphatic heterocycles. The Morgan fingerprint density at radius 1 is 1.33 bits per heavy atom. The van der Waals surface area contributed by atoms with Crippen molar-refractivity contribution in [2.24, 2.45) is 5.92 Å². The maximum atomic E-state index is 3.73. The van der Waals surface area contributed by atoms with Gasteiger partial charge in [-0.1, -0.05) is 0 Å². The van der Waals surface area contributed by atoms with E-state index in [1.54, 1.807) is 0 Å². The molecule has 12 heavy (non-hydrogen) atoms. The van der Waals surface area contributed by atoms with Crippen LogP contribution in [0.15, 0.2) is 11.6 Å². The molecule has 0 bridgehead atoms. The molecule has 0 aromatic rings. The Kier molecular flexibility index (Phi) is 4.55. The molecule has 0 radical (unpaired) electrons. The molecule has 0 aromatic heterocycles. The van der Waals surface area contributed by atoms with Gasteiger partial charge in [0.15, 0.2) is 0 Å². The molecule has 1 aliphatic rings. The third kappa shape index (κ3) is 3.04. The average Bonchev–Trinajstić information content (AvgIpc) is 2.06. The summed E-state index contributed by atoms with van der Waals surface area (Å²) in [7, 11) is 3.73. The average molecular weight is 274 g/mol. The number of hydrogen-bond acceptors (Lipinski definition) is 0. The predicted octanol–water partition coefficient (Wildman–Crippen LogP) is 2.63. The van der Waals surface area contributed by atoms with E-state index in [-0.39, 0.29) is 0 Å². The van der Waals surface area contributed by atoms with E-state index in [9.17, 15) is 0 Å². The van der Waals surface area contributed by atoms with E-state index >= 15 is 0 Å². The zero-order valence-corrected chi connectivity index (χ0v) is 9.88. The fourth-order valence-electron chi connectivity index (χ4n) is 1.83. The molecule has 0 N–H and O–H groups in total. The third-order valence-electron chi connectivity index (χ3n) is 2.68. The normalized spacial score (nSPS) is 31.6. The second-order valence-electron chi connectivity index (χ2n) is 3.60. The van der Waals surface area contributed by atoms with Crippen LogP contribution in [0, 0.1) is 5.92 Å². The second kappa shape index (κ2) is 5.20. The molecule has 1 saturated carbocycles. The van der Waals surface area contributed by atoms with Crippen molar-refractivity contribution in [1.29, 1.82) is 0 Å². The van der Waals surface area contributed by atoms with Gasteiger partial charge in [0.1, 0.15) is 0 Å². The fourth-order valence-corrected chi connectivity index (χ4v) is 2.55. The summed E-state index contributed by atoms with van der Waals surface area (Å²) >= 11 is 2.57. The van der Waals surface area contributed by atoms with Gasteiger partial charge in [-0.25, -0.2) is 0 Å². The number of allylic oxidation sites excluding steroid dienone is 2. The molecule has 0 aromatic carbocycles. The van der Waals surface area contributed by atoms with Crippen molar-refractivity contribution in [3.8, 4) is 0 Å². The standard InChI is InChI=1S/C10H16BI/c1-8(6-7-11)9-2-4-10(12)5-3-9/h6-7,9-11H,2-5H2,1H3/b8-6+. The second-order valence-corrected chi connectivity index (χ2v) is 5.36. The Morgan fingerprint density at radius 3 is 2.42 bits per heavy atom. The first-order chi connectivity index (χ1) is 5.74. The van der Waals surface area contributed by atoms with Gasteiger partial charge < -0.3 is 0 Å². The van der Waals surface area contributed by atoms with E-state index < -0.39 is 0 Å². The molecule has 0 amide bonds. The van der Waals surface area contributed by atoms with Gasteiger partial charge in [-0.05, 0) is 0 Å². The summed E-state index contributed by atoms with van der Waals surface area (Å²) < 4.78 is 0.926. The van der Waals surface area contributed by atoms with Gasteiger partial charge in [-0.15, -0.1) is 0 Å². The van der Waals surface area contributed by atoms with Crippen LogP contribution in [0.25, 0.3) is 0 Å². The van der Waals surface area contributed by atoms with Crippen molar-refractivity contribution >= 4 is 36.0 Å². The van der Waals surface area contributed by atoms with Crippen LogP contribution in [0.1, 0.15) is 32.6 Å². The molecular weight excluding hydrogens is 258 g/mol. The zero-order chi connectivity index (χ0) is 8.97. The minimum atomic E-state index is 0.842. The number of rotatable bonds is 2. The van der Waals surface area contributed by atoms with Crippen LogP contribution in [-0.4, -0.2) is 17.4 Å².